The Morgan fingerprint density at radius 1 is 1.50 bits per heavy atom. The summed E-state index contributed by atoms with van der Waals surface area (Å²) in [4.78, 5) is 17.0. The quantitative estimate of drug-likeness (QED) is 0.771. The average Bonchev–Trinajstić information content (AvgIpc) is 2.92. The van der Waals surface area contributed by atoms with Gasteiger partial charge in [0.1, 0.15) is 11.4 Å². The fraction of sp³-hybridized carbons (Fsp3) is 0.385. The fourth-order valence-corrected chi connectivity index (χ4v) is 2.43. The number of hydrogen-bond acceptors (Lipinski definition) is 5. The zero-order valence-electron chi connectivity index (χ0n) is 11.4. The molecule has 0 fully saturated rings. The van der Waals surface area contributed by atoms with E-state index in [1.54, 1.807) is 29.0 Å². The summed E-state index contributed by atoms with van der Waals surface area (Å²) in [6, 6.07) is 3.53. The van der Waals surface area contributed by atoms with Gasteiger partial charge in [-0.05, 0) is 13.0 Å². The monoisotopic (exact) mass is 273 g/mol. The van der Waals surface area contributed by atoms with Gasteiger partial charge in [-0.1, -0.05) is 5.21 Å². The average molecular weight is 273 g/mol. The molecule has 7 heteroatoms. The highest BCUT2D eigenvalue weighted by atomic mass is 16.5. The van der Waals surface area contributed by atoms with Crippen LogP contribution in [0.1, 0.15) is 24.4 Å². The molecule has 0 N–H and O–H groups in total. The highest BCUT2D eigenvalue weighted by Gasteiger charge is 2.28. The summed E-state index contributed by atoms with van der Waals surface area (Å²) in [7, 11) is 1.61. The Hall–Kier alpha value is -2.44. The number of rotatable bonds is 3. The van der Waals surface area contributed by atoms with Crippen LogP contribution in [0, 0.1) is 0 Å². The molecule has 1 amide bonds. The molecule has 3 heterocycles. The van der Waals surface area contributed by atoms with Crippen molar-refractivity contribution in [2.75, 3.05) is 13.7 Å². The second-order valence-electron chi connectivity index (χ2n) is 4.66. The molecule has 0 bridgehead atoms. The molecule has 7 nitrogen and oxygen atoms in total. The highest BCUT2D eigenvalue weighted by Crippen LogP contribution is 2.27. The zero-order chi connectivity index (χ0) is 14.1. The van der Waals surface area contributed by atoms with Crippen LogP contribution < -0.4 is 4.74 Å². The summed E-state index contributed by atoms with van der Waals surface area (Å²) < 4.78 is 6.92. The third-order valence-corrected chi connectivity index (χ3v) is 3.60. The van der Waals surface area contributed by atoms with Gasteiger partial charge in [-0.2, -0.15) is 4.68 Å². The summed E-state index contributed by atoms with van der Waals surface area (Å²) in [6.45, 7) is 2.61. The van der Waals surface area contributed by atoms with Crippen molar-refractivity contribution in [1.82, 2.24) is 24.9 Å². The molecule has 20 heavy (non-hydrogen) atoms. The minimum Gasteiger partial charge on any atom is -0.497 e. The number of pyridine rings is 1. The first-order valence-corrected chi connectivity index (χ1v) is 6.40. The first kappa shape index (κ1) is 12.6. The number of carbonyl (C=O) groups excluding carboxylic acids is 1. The van der Waals surface area contributed by atoms with Gasteiger partial charge < -0.3 is 9.64 Å². The van der Waals surface area contributed by atoms with Gasteiger partial charge in [0.2, 0.25) is 6.41 Å². The number of hydrogen-bond donors (Lipinski definition) is 0. The zero-order valence-corrected chi connectivity index (χ0v) is 11.4. The minimum atomic E-state index is -0.0596. The standard InChI is InChI=1S/C13H15N5O2/c1-9-13-11(4-6-17(9)8-19)18(16-15-13)12-7-10(20-2)3-5-14-12/h3,5,7-9H,4,6H2,1-2H3. The first-order chi connectivity index (χ1) is 9.74. The molecule has 1 atom stereocenters. The summed E-state index contributed by atoms with van der Waals surface area (Å²) in [6.07, 6.45) is 3.24. The third kappa shape index (κ3) is 1.91. The van der Waals surface area contributed by atoms with Gasteiger partial charge >= 0.3 is 0 Å². The second kappa shape index (κ2) is 4.92. The van der Waals surface area contributed by atoms with Gasteiger partial charge in [0.15, 0.2) is 5.82 Å². The van der Waals surface area contributed by atoms with E-state index in [0.717, 1.165) is 23.5 Å². The lowest BCUT2D eigenvalue weighted by molar-refractivity contribution is -0.120. The van der Waals surface area contributed by atoms with Crippen molar-refractivity contribution in [2.45, 2.75) is 19.4 Å². The van der Waals surface area contributed by atoms with Crippen LogP contribution in [0.2, 0.25) is 0 Å². The van der Waals surface area contributed by atoms with Crippen LogP contribution in [0.25, 0.3) is 5.82 Å². The molecule has 1 unspecified atom stereocenters. The Morgan fingerprint density at radius 2 is 2.35 bits per heavy atom. The third-order valence-electron chi connectivity index (χ3n) is 3.60. The molecule has 2 aromatic heterocycles. The van der Waals surface area contributed by atoms with E-state index >= 15 is 0 Å². The van der Waals surface area contributed by atoms with Crippen molar-refractivity contribution in [3.63, 3.8) is 0 Å². The van der Waals surface area contributed by atoms with E-state index in [-0.39, 0.29) is 6.04 Å². The Kier molecular flexibility index (Phi) is 3.09. The molecule has 0 spiro atoms. The van der Waals surface area contributed by atoms with E-state index in [2.05, 4.69) is 15.3 Å². The van der Waals surface area contributed by atoms with Crippen molar-refractivity contribution in [2.24, 2.45) is 0 Å². The predicted octanol–water partition coefficient (Wildman–Crippen LogP) is 0.746. The molecular formula is C13H15N5O2. The lowest BCUT2D eigenvalue weighted by atomic mass is 10.1. The van der Waals surface area contributed by atoms with Gasteiger partial charge in [0.05, 0.1) is 18.8 Å². The summed E-state index contributed by atoms with van der Waals surface area (Å²) in [5, 5.41) is 8.37. The van der Waals surface area contributed by atoms with Crippen LogP contribution in [-0.4, -0.2) is 44.9 Å². The first-order valence-electron chi connectivity index (χ1n) is 6.40. The maximum Gasteiger partial charge on any atom is 0.210 e. The highest BCUT2D eigenvalue weighted by molar-refractivity contribution is 5.50. The molecule has 1 aliphatic rings. The number of nitrogens with zero attached hydrogens (tertiary/aromatic N) is 5. The van der Waals surface area contributed by atoms with Crippen LogP contribution in [0.5, 0.6) is 5.75 Å². The summed E-state index contributed by atoms with van der Waals surface area (Å²) >= 11 is 0. The Balaban J connectivity index is 2.03. The lowest BCUT2D eigenvalue weighted by Gasteiger charge is -2.28. The maximum atomic E-state index is 11.0. The number of amides is 1. The van der Waals surface area contributed by atoms with E-state index in [1.807, 2.05) is 13.0 Å². The minimum absolute atomic E-state index is 0.0596. The Bertz CT molecular complexity index is 639. The number of fused-ring (bicyclic) bond motifs is 1. The van der Waals surface area contributed by atoms with Gasteiger partial charge in [-0.15, -0.1) is 5.10 Å². The van der Waals surface area contributed by atoms with E-state index in [1.165, 1.54) is 0 Å². The molecule has 0 aromatic carbocycles. The molecule has 0 radical (unpaired) electrons. The van der Waals surface area contributed by atoms with E-state index < -0.39 is 0 Å². The van der Waals surface area contributed by atoms with Crippen LogP contribution in [0.4, 0.5) is 0 Å². The molecule has 1 aliphatic heterocycles. The van der Waals surface area contributed by atoms with Gasteiger partial charge in [0.25, 0.3) is 0 Å². The number of carbonyl (C=O) groups is 1. The van der Waals surface area contributed by atoms with Gasteiger partial charge in [-0.25, -0.2) is 4.98 Å². The van der Waals surface area contributed by atoms with Crippen molar-refractivity contribution in [3.8, 4) is 11.6 Å². The molecule has 0 saturated heterocycles. The molecule has 104 valence electrons. The largest absolute Gasteiger partial charge is 0.497 e. The summed E-state index contributed by atoms with van der Waals surface area (Å²) in [5.74, 6) is 1.39. The van der Waals surface area contributed by atoms with Crippen LogP contribution in [-0.2, 0) is 11.2 Å². The number of methoxy groups -OCH3 is 1. The van der Waals surface area contributed by atoms with Crippen molar-refractivity contribution in [3.05, 3.63) is 29.7 Å². The maximum absolute atomic E-state index is 11.0. The van der Waals surface area contributed by atoms with E-state index in [0.29, 0.717) is 18.8 Å². The molecule has 3 rings (SSSR count). The normalized spacial score (nSPS) is 17.7. The van der Waals surface area contributed by atoms with E-state index in [4.69, 9.17) is 4.74 Å². The topological polar surface area (TPSA) is 73.1 Å². The van der Waals surface area contributed by atoms with Crippen molar-refractivity contribution in [1.29, 1.82) is 0 Å². The Labute approximate surface area is 116 Å². The van der Waals surface area contributed by atoms with Crippen molar-refractivity contribution < 1.29 is 9.53 Å². The second-order valence-corrected chi connectivity index (χ2v) is 4.66. The van der Waals surface area contributed by atoms with Crippen LogP contribution in [0.15, 0.2) is 18.3 Å². The molecular weight excluding hydrogens is 258 g/mol. The lowest BCUT2D eigenvalue weighted by Crippen LogP contribution is -2.33. The number of ether oxygens (including phenoxy) is 1. The Morgan fingerprint density at radius 3 is 3.10 bits per heavy atom. The summed E-state index contributed by atoms with van der Waals surface area (Å²) in [5.41, 5.74) is 1.82. The molecule has 0 saturated carbocycles. The predicted molar refractivity (Wildman–Crippen MR) is 70.6 cm³/mol. The van der Waals surface area contributed by atoms with Crippen LogP contribution >= 0.6 is 0 Å². The number of aromatic nitrogens is 4. The van der Waals surface area contributed by atoms with E-state index in [9.17, 15) is 4.79 Å². The SMILES string of the molecule is COc1ccnc(-n2nnc3c2CCN(C=O)C3C)c1. The van der Waals surface area contributed by atoms with Gasteiger partial charge in [0, 0.05) is 25.2 Å². The smallest absolute Gasteiger partial charge is 0.210 e. The van der Waals surface area contributed by atoms with Crippen LogP contribution in [0.3, 0.4) is 0 Å². The fourth-order valence-electron chi connectivity index (χ4n) is 2.43. The van der Waals surface area contributed by atoms with Gasteiger partial charge in [-0.3, -0.25) is 4.79 Å². The van der Waals surface area contributed by atoms with Crippen molar-refractivity contribution >= 4 is 6.41 Å². The molecule has 2 aromatic rings. The molecule has 0 aliphatic carbocycles.